The molecule has 6 rings (SSSR count). The largest absolute Gasteiger partial charge is 0.349 e. The highest BCUT2D eigenvalue weighted by Gasteiger charge is 2.52. The van der Waals surface area contributed by atoms with Gasteiger partial charge in [-0.15, -0.1) is 0 Å². The van der Waals surface area contributed by atoms with Crippen LogP contribution < -0.4 is 5.32 Å². The van der Waals surface area contributed by atoms with Crippen molar-refractivity contribution in [3.63, 3.8) is 0 Å². The Kier molecular flexibility index (Phi) is 3.76. The average molecular weight is 417 g/mol. The molecule has 0 aromatic heterocycles. The summed E-state index contributed by atoms with van der Waals surface area (Å²) in [5, 5.41) is 3.33. The Morgan fingerprint density at radius 1 is 1.15 bits per heavy atom. The summed E-state index contributed by atoms with van der Waals surface area (Å²) in [7, 11) is 0. The van der Waals surface area contributed by atoms with Gasteiger partial charge in [0.2, 0.25) is 5.91 Å². The molecule has 0 atom stereocenters. The first kappa shape index (κ1) is 16.8. The Bertz CT molecular complexity index is 764. The van der Waals surface area contributed by atoms with Crippen LogP contribution in [-0.2, 0) is 10.2 Å². The van der Waals surface area contributed by atoms with Crippen molar-refractivity contribution in [1.82, 2.24) is 10.2 Å². The minimum atomic E-state index is 0.00465. The van der Waals surface area contributed by atoms with Crippen LogP contribution in [0.25, 0.3) is 0 Å². The number of carbonyl (C=O) groups excluding carboxylic acids is 2. The molecule has 1 aromatic carbocycles. The van der Waals surface area contributed by atoms with Gasteiger partial charge in [-0.3, -0.25) is 9.59 Å². The molecule has 2 amide bonds. The lowest BCUT2D eigenvalue weighted by Crippen LogP contribution is -2.57. The van der Waals surface area contributed by atoms with Gasteiger partial charge in [0.15, 0.2) is 0 Å². The van der Waals surface area contributed by atoms with Crippen LogP contribution in [0.5, 0.6) is 0 Å². The summed E-state index contributed by atoms with van der Waals surface area (Å²) in [6.45, 7) is 0.874. The molecule has 4 nitrogen and oxygen atoms in total. The van der Waals surface area contributed by atoms with Gasteiger partial charge in [-0.2, -0.15) is 0 Å². The van der Waals surface area contributed by atoms with E-state index in [0.29, 0.717) is 6.54 Å². The smallest absolute Gasteiger partial charge is 0.254 e. The summed E-state index contributed by atoms with van der Waals surface area (Å²) in [6.07, 6.45) is 9.27. The van der Waals surface area contributed by atoms with Gasteiger partial charge >= 0.3 is 0 Å². The number of fused-ring (bicyclic) bond motifs is 5. The molecule has 1 N–H and O–H groups in total. The first-order valence-electron chi connectivity index (χ1n) is 9.89. The van der Waals surface area contributed by atoms with Crippen molar-refractivity contribution in [2.24, 2.45) is 5.92 Å². The van der Waals surface area contributed by atoms with Gasteiger partial charge in [0.25, 0.3) is 5.91 Å². The van der Waals surface area contributed by atoms with Crippen LogP contribution in [0.4, 0.5) is 0 Å². The molecule has 1 aliphatic heterocycles. The zero-order valence-corrected chi connectivity index (χ0v) is 16.6. The quantitative estimate of drug-likeness (QED) is 0.814. The van der Waals surface area contributed by atoms with Gasteiger partial charge in [-0.25, -0.2) is 0 Å². The molecular weight excluding hydrogens is 392 g/mol. The predicted octanol–water partition coefficient (Wildman–Crippen LogP) is 3.78. The van der Waals surface area contributed by atoms with Crippen molar-refractivity contribution in [1.29, 1.82) is 0 Å². The zero-order valence-electron chi connectivity index (χ0n) is 15.0. The monoisotopic (exact) mass is 416 g/mol. The molecule has 5 heteroatoms. The Hall–Kier alpha value is -1.36. The number of carbonyl (C=O) groups is 2. The van der Waals surface area contributed by atoms with E-state index in [-0.39, 0.29) is 29.3 Å². The van der Waals surface area contributed by atoms with Crippen molar-refractivity contribution >= 4 is 27.7 Å². The summed E-state index contributed by atoms with van der Waals surface area (Å²) in [6, 6.07) is 5.93. The zero-order chi connectivity index (χ0) is 17.9. The van der Waals surface area contributed by atoms with Crippen LogP contribution in [0.15, 0.2) is 22.7 Å². The Morgan fingerprint density at radius 3 is 2.50 bits per heavy atom. The average Bonchev–Trinajstić information content (AvgIpc) is 3.41. The molecule has 26 heavy (non-hydrogen) atoms. The lowest BCUT2D eigenvalue weighted by molar-refractivity contribution is -0.125. The number of hydrogen-bond acceptors (Lipinski definition) is 2. The number of amides is 2. The first-order chi connectivity index (χ1) is 12.5. The fraction of sp³-hybridized carbons (Fsp3) is 0.619. The van der Waals surface area contributed by atoms with Gasteiger partial charge in [0.1, 0.15) is 0 Å². The van der Waals surface area contributed by atoms with Crippen LogP contribution in [0.1, 0.15) is 67.3 Å². The SMILES string of the molecule is O=C(CN1CC2(CC2)c2cc(Br)ccc2C1=O)NC12CCC(CC1)CC2. The van der Waals surface area contributed by atoms with Gasteiger partial charge in [-0.1, -0.05) is 15.9 Å². The molecule has 1 aromatic rings. The second-order valence-electron chi connectivity index (χ2n) is 8.94. The molecule has 4 fully saturated rings. The maximum Gasteiger partial charge on any atom is 0.254 e. The van der Waals surface area contributed by atoms with E-state index in [4.69, 9.17) is 0 Å². The van der Waals surface area contributed by atoms with Crippen LogP contribution in [0, 0.1) is 5.92 Å². The molecule has 4 aliphatic carbocycles. The molecule has 2 bridgehead atoms. The maximum atomic E-state index is 13.0. The molecular formula is C21H25BrN2O2. The highest BCUT2D eigenvalue weighted by Crippen LogP contribution is 2.52. The van der Waals surface area contributed by atoms with E-state index < -0.39 is 0 Å². The molecule has 0 unspecified atom stereocenters. The second kappa shape index (κ2) is 5.82. The fourth-order valence-electron chi connectivity index (χ4n) is 5.49. The third-order valence-corrected chi connectivity index (χ3v) is 7.74. The Labute approximate surface area is 162 Å². The summed E-state index contributed by atoms with van der Waals surface area (Å²) >= 11 is 3.53. The van der Waals surface area contributed by atoms with Crippen LogP contribution in [0.2, 0.25) is 0 Å². The number of nitrogens with zero attached hydrogens (tertiary/aromatic N) is 1. The number of benzene rings is 1. The molecule has 0 radical (unpaired) electrons. The molecule has 138 valence electrons. The van der Waals surface area contributed by atoms with E-state index >= 15 is 0 Å². The van der Waals surface area contributed by atoms with Crippen molar-refractivity contribution < 1.29 is 9.59 Å². The third kappa shape index (κ3) is 2.70. The highest BCUT2D eigenvalue weighted by atomic mass is 79.9. The third-order valence-electron chi connectivity index (χ3n) is 7.25. The van der Waals surface area contributed by atoms with E-state index in [9.17, 15) is 9.59 Å². The number of halogens is 1. The van der Waals surface area contributed by atoms with Crippen LogP contribution in [-0.4, -0.2) is 35.3 Å². The van der Waals surface area contributed by atoms with Crippen molar-refractivity contribution in [3.8, 4) is 0 Å². The number of rotatable bonds is 3. The van der Waals surface area contributed by atoms with E-state index in [1.54, 1.807) is 4.90 Å². The molecule has 1 spiro atoms. The van der Waals surface area contributed by atoms with E-state index in [0.717, 1.165) is 53.6 Å². The van der Waals surface area contributed by atoms with Gasteiger partial charge in [-0.05, 0) is 81.0 Å². The van der Waals surface area contributed by atoms with Crippen LogP contribution >= 0.6 is 15.9 Å². The number of nitrogens with one attached hydrogen (secondary N) is 1. The molecule has 0 saturated heterocycles. The number of hydrogen-bond donors (Lipinski definition) is 1. The normalized spacial score (nSPS) is 31.0. The van der Waals surface area contributed by atoms with E-state index in [1.807, 2.05) is 12.1 Å². The first-order valence-corrected chi connectivity index (χ1v) is 10.7. The summed E-state index contributed by atoms with van der Waals surface area (Å²) in [4.78, 5) is 27.5. The lowest BCUT2D eigenvalue weighted by atomic mass is 9.66. The van der Waals surface area contributed by atoms with E-state index in [1.165, 1.54) is 19.3 Å². The minimum Gasteiger partial charge on any atom is -0.349 e. The Morgan fingerprint density at radius 2 is 1.85 bits per heavy atom. The topological polar surface area (TPSA) is 49.4 Å². The lowest BCUT2D eigenvalue weighted by Gasteiger charge is -2.47. The predicted molar refractivity (Wildman–Crippen MR) is 103 cm³/mol. The minimum absolute atomic E-state index is 0.00465. The fourth-order valence-corrected chi connectivity index (χ4v) is 5.85. The van der Waals surface area contributed by atoms with Gasteiger partial charge < -0.3 is 10.2 Å². The molecule has 4 saturated carbocycles. The standard InChI is InChI=1S/C21H25BrN2O2/c22-15-1-2-16-17(11-15)20(9-10-20)13-24(19(16)26)12-18(25)23-21-6-3-14(4-7-21)5-8-21/h1-2,11,14H,3-10,12-13H2,(H,23,25). The summed E-state index contributed by atoms with van der Waals surface area (Å²) < 4.78 is 1.02. The molecule has 1 heterocycles. The van der Waals surface area contributed by atoms with Crippen molar-refractivity contribution in [2.45, 2.75) is 62.3 Å². The van der Waals surface area contributed by atoms with Gasteiger partial charge in [0, 0.05) is 27.5 Å². The summed E-state index contributed by atoms with van der Waals surface area (Å²) in [5.74, 6) is 0.906. The van der Waals surface area contributed by atoms with Gasteiger partial charge in [0.05, 0.1) is 6.54 Å². The second-order valence-corrected chi connectivity index (χ2v) is 9.86. The maximum absolute atomic E-state index is 13.0. The Balaban J connectivity index is 1.32. The van der Waals surface area contributed by atoms with Crippen LogP contribution in [0.3, 0.4) is 0 Å². The van der Waals surface area contributed by atoms with Crippen molar-refractivity contribution in [3.05, 3.63) is 33.8 Å². The van der Waals surface area contributed by atoms with Crippen molar-refractivity contribution in [2.75, 3.05) is 13.1 Å². The van der Waals surface area contributed by atoms with E-state index in [2.05, 4.69) is 27.3 Å². The summed E-state index contributed by atoms with van der Waals surface area (Å²) in [5.41, 5.74) is 2.03. The molecule has 5 aliphatic rings. The highest BCUT2D eigenvalue weighted by molar-refractivity contribution is 9.10.